The smallest absolute Gasteiger partial charge is 0.242 e. The predicted molar refractivity (Wildman–Crippen MR) is 78.7 cm³/mol. The van der Waals surface area contributed by atoms with Crippen molar-refractivity contribution in [3.63, 3.8) is 0 Å². The van der Waals surface area contributed by atoms with Gasteiger partial charge in [0.25, 0.3) is 0 Å². The molecule has 20 heavy (non-hydrogen) atoms. The van der Waals surface area contributed by atoms with Crippen LogP contribution < -0.4 is 15.8 Å². The largest absolute Gasteiger partial charge is 0.324 e. The minimum Gasteiger partial charge on any atom is -0.324 e. The molecule has 0 fully saturated rings. The fraction of sp³-hybridized carbons (Fsp3) is 0.462. The highest BCUT2D eigenvalue weighted by Gasteiger charge is 2.22. The van der Waals surface area contributed by atoms with Crippen molar-refractivity contribution in [2.45, 2.75) is 31.7 Å². The Morgan fingerprint density at radius 2 is 1.90 bits per heavy atom. The number of benzene rings is 1. The fourth-order valence-electron chi connectivity index (χ4n) is 1.59. The highest BCUT2D eigenvalue weighted by molar-refractivity contribution is 7.89. The third-order valence-electron chi connectivity index (χ3n) is 2.79. The third kappa shape index (κ3) is 4.03. The number of para-hydroxylation sites is 1. The molecule has 6 nitrogen and oxygen atoms in total. The number of anilines is 1. The molecule has 1 amide bonds. The van der Waals surface area contributed by atoms with E-state index < -0.39 is 22.0 Å². The van der Waals surface area contributed by atoms with E-state index in [0.717, 1.165) is 0 Å². The highest BCUT2D eigenvalue weighted by Crippen LogP contribution is 2.21. The van der Waals surface area contributed by atoms with Gasteiger partial charge in [-0.15, -0.1) is 0 Å². The summed E-state index contributed by atoms with van der Waals surface area (Å²) < 4.78 is 26.5. The van der Waals surface area contributed by atoms with E-state index in [4.69, 9.17) is 5.73 Å². The van der Waals surface area contributed by atoms with Crippen LogP contribution in [0, 0.1) is 5.92 Å². The Hall–Kier alpha value is -1.44. The van der Waals surface area contributed by atoms with E-state index in [0.29, 0.717) is 0 Å². The normalized spacial score (nSPS) is 13.2. The number of carbonyl (C=O) groups excluding carboxylic acids is 1. The summed E-state index contributed by atoms with van der Waals surface area (Å²) in [6, 6.07) is 5.54. The Morgan fingerprint density at radius 3 is 2.45 bits per heavy atom. The van der Waals surface area contributed by atoms with Crippen LogP contribution in [0.25, 0.3) is 0 Å². The molecule has 0 saturated heterocycles. The lowest BCUT2D eigenvalue weighted by Gasteiger charge is -2.17. The second kappa shape index (κ2) is 6.83. The Labute approximate surface area is 119 Å². The first-order chi connectivity index (χ1) is 9.29. The van der Waals surface area contributed by atoms with Gasteiger partial charge in [-0.05, 0) is 18.1 Å². The van der Waals surface area contributed by atoms with Crippen LogP contribution in [-0.4, -0.2) is 26.9 Å². The first-order valence-electron chi connectivity index (χ1n) is 6.44. The molecule has 0 radical (unpaired) electrons. The summed E-state index contributed by atoms with van der Waals surface area (Å²) in [5, 5.41) is 2.57. The summed E-state index contributed by atoms with van der Waals surface area (Å²) in [7, 11) is -3.64. The van der Waals surface area contributed by atoms with Crippen LogP contribution in [0.2, 0.25) is 0 Å². The van der Waals surface area contributed by atoms with E-state index in [2.05, 4.69) is 10.0 Å². The molecule has 1 atom stereocenters. The number of rotatable bonds is 6. The Morgan fingerprint density at radius 1 is 1.30 bits per heavy atom. The van der Waals surface area contributed by atoms with Crippen LogP contribution in [0.1, 0.15) is 20.8 Å². The molecule has 7 heteroatoms. The SMILES string of the molecule is CCNS(=O)(=O)c1ccccc1NC(=O)C(N)C(C)C. The Kier molecular flexibility index (Phi) is 5.67. The van der Waals surface area contributed by atoms with Crippen molar-refractivity contribution in [3.8, 4) is 0 Å². The van der Waals surface area contributed by atoms with Crippen molar-refractivity contribution in [3.05, 3.63) is 24.3 Å². The quantitative estimate of drug-likeness (QED) is 0.726. The molecule has 0 aliphatic carbocycles. The Balaban J connectivity index is 3.06. The Bertz CT molecular complexity index is 570. The zero-order valence-corrected chi connectivity index (χ0v) is 12.7. The first-order valence-corrected chi connectivity index (χ1v) is 7.93. The van der Waals surface area contributed by atoms with E-state index in [1.807, 2.05) is 13.8 Å². The topological polar surface area (TPSA) is 101 Å². The standard InChI is InChI=1S/C13H21N3O3S/c1-4-15-20(18,19)11-8-6-5-7-10(11)16-13(17)12(14)9(2)3/h5-9,12,15H,4,14H2,1-3H3,(H,16,17). The number of carbonyl (C=O) groups is 1. The molecular formula is C13H21N3O3S. The minimum atomic E-state index is -3.64. The number of sulfonamides is 1. The molecule has 1 aromatic carbocycles. The minimum absolute atomic E-state index is 0.0335. The van der Waals surface area contributed by atoms with Crippen molar-refractivity contribution in [2.75, 3.05) is 11.9 Å². The first kappa shape index (κ1) is 16.6. The van der Waals surface area contributed by atoms with E-state index >= 15 is 0 Å². The molecule has 0 aliphatic heterocycles. The van der Waals surface area contributed by atoms with E-state index in [9.17, 15) is 13.2 Å². The van der Waals surface area contributed by atoms with Crippen LogP contribution in [0.5, 0.6) is 0 Å². The maximum absolute atomic E-state index is 12.0. The lowest BCUT2D eigenvalue weighted by Crippen LogP contribution is -2.40. The van der Waals surface area contributed by atoms with Crippen LogP contribution in [0.4, 0.5) is 5.69 Å². The summed E-state index contributed by atoms with van der Waals surface area (Å²) in [5.41, 5.74) is 5.98. The molecule has 0 spiro atoms. The zero-order valence-electron chi connectivity index (χ0n) is 11.9. The van der Waals surface area contributed by atoms with E-state index in [1.54, 1.807) is 19.1 Å². The second-order valence-corrected chi connectivity index (χ2v) is 6.49. The van der Waals surface area contributed by atoms with Crippen molar-refractivity contribution < 1.29 is 13.2 Å². The van der Waals surface area contributed by atoms with Gasteiger partial charge in [-0.2, -0.15) is 0 Å². The molecule has 112 valence electrons. The van der Waals surface area contributed by atoms with Gasteiger partial charge in [0, 0.05) is 6.54 Å². The number of hydrogen-bond acceptors (Lipinski definition) is 4. The summed E-state index contributed by atoms with van der Waals surface area (Å²) in [6.07, 6.45) is 0. The predicted octanol–water partition coefficient (Wildman–Crippen LogP) is 0.907. The summed E-state index contributed by atoms with van der Waals surface area (Å²) in [5.74, 6) is -0.438. The maximum Gasteiger partial charge on any atom is 0.242 e. The summed E-state index contributed by atoms with van der Waals surface area (Å²) in [6.45, 7) is 5.61. The molecule has 0 aliphatic rings. The molecule has 1 rings (SSSR count). The van der Waals surface area contributed by atoms with Crippen molar-refractivity contribution in [1.29, 1.82) is 0 Å². The van der Waals surface area contributed by atoms with Crippen LogP contribution in [-0.2, 0) is 14.8 Å². The number of hydrogen-bond donors (Lipinski definition) is 3. The van der Waals surface area contributed by atoms with Gasteiger partial charge in [0.1, 0.15) is 4.90 Å². The van der Waals surface area contributed by atoms with E-state index in [-0.39, 0.29) is 23.0 Å². The molecule has 0 saturated carbocycles. The molecule has 0 heterocycles. The van der Waals surface area contributed by atoms with Crippen LogP contribution >= 0.6 is 0 Å². The molecular weight excluding hydrogens is 278 g/mol. The van der Waals surface area contributed by atoms with Gasteiger partial charge in [-0.3, -0.25) is 4.79 Å². The molecule has 1 aromatic rings. The number of nitrogens with one attached hydrogen (secondary N) is 2. The monoisotopic (exact) mass is 299 g/mol. The van der Waals surface area contributed by atoms with Gasteiger partial charge in [-0.25, -0.2) is 13.1 Å². The zero-order chi connectivity index (χ0) is 15.3. The molecule has 0 aromatic heterocycles. The summed E-state index contributed by atoms with van der Waals surface area (Å²) >= 11 is 0. The maximum atomic E-state index is 12.0. The third-order valence-corrected chi connectivity index (χ3v) is 4.39. The molecule has 0 bridgehead atoms. The second-order valence-electron chi connectivity index (χ2n) is 4.76. The van der Waals surface area contributed by atoms with Crippen molar-refractivity contribution >= 4 is 21.6 Å². The van der Waals surface area contributed by atoms with Crippen LogP contribution in [0.15, 0.2) is 29.2 Å². The van der Waals surface area contributed by atoms with Gasteiger partial charge >= 0.3 is 0 Å². The number of amides is 1. The van der Waals surface area contributed by atoms with Gasteiger partial charge < -0.3 is 11.1 Å². The van der Waals surface area contributed by atoms with Crippen LogP contribution in [0.3, 0.4) is 0 Å². The van der Waals surface area contributed by atoms with E-state index in [1.165, 1.54) is 12.1 Å². The van der Waals surface area contributed by atoms with Gasteiger partial charge in [0.15, 0.2) is 0 Å². The fourth-order valence-corrected chi connectivity index (χ4v) is 2.79. The van der Waals surface area contributed by atoms with Crippen molar-refractivity contribution in [1.82, 2.24) is 4.72 Å². The molecule has 1 unspecified atom stereocenters. The van der Waals surface area contributed by atoms with Gasteiger partial charge in [0.2, 0.25) is 15.9 Å². The van der Waals surface area contributed by atoms with Crippen molar-refractivity contribution in [2.24, 2.45) is 11.7 Å². The average molecular weight is 299 g/mol. The average Bonchev–Trinajstić information content (AvgIpc) is 2.38. The highest BCUT2D eigenvalue weighted by atomic mass is 32.2. The summed E-state index contributed by atoms with van der Waals surface area (Å²) in [4.78, 5) is 12.0. The lowest BCUT2D eigenvalue weighted by atomic mass is 10.1. The number of nitrogens with two attached hydrogens (primary N) is 1. The van der Waals surface area contributed by atoms with Gasteiger partial charge in [0.05, 0.1) is 11.7 Å². The molecule has 4 N–H and O–H groups in total. The lowest BCUT2D eigenvalue weighted by molar-refractivity contribution is -0.118. The van der Waals surface area contributed by atoms with Gasteiger partial charge in [-0.1, -0.05) is 32.9 Å².